The second-order valence-electron chi connectivity index (χ2n) is 3.67. The molecule has 0 saturated carbocycles. The van der Waals surface area contributed by atoms with Crippen LogP contribution in [0.1, 0.15) is 19.4 Å². The number of rotatable bonds is 5. The fourth-order valence-electron chi connectivity index (χ4n) is 1.48. The van der Waals surface area contributed by atoms with Crippen molar-refractivity contribution in [3.05, 3.63) is 46.0 Å². The molecule has 0 fully saturated rings. The molecule has 0 amide bonds. The minimum atomic E-state index is -0.654. The number of allylic oxidation sites excluding steroid dienone is 1. The maximum atomic E-state index is 11.5. The maximum Gasteiger partial charge on any atom is 0.331 e. The number of non-ortho nitro benzene ring substituents is 1. The Morgan fingerprint density at radius 2 is 2.11 bits per heavy atom. The number of carbonyl (C=O) groups excluding carboxylic acids is 2. The summed E-state index contributed by atoms with van der Waals surface area (Å²) in [7, 11) is 0. The lowest BCUT2D eigenvalue weighted by Gasteiger charge is -2.04. The van der Waals surface area contributed by atoms with E-state index in [0.29, 0.717) is 5.56 Å². The number of nitro groups is 1. The molecule has 19 heavy (non-hydrogen) atoms. The van der Waals surface area contributed by atoms with Crippen LogP contribution in [0, 0.1) is 10.1 Å². The van der Waals surface area contributed by atoms with Gasteiger partial charge in [-0.25, -0.2) is 4.79 Å². The Hall–Kier alpha value is -2.50. The van der Waals surface area contributed by atoms with Crippen molar-refractivity contribution in [3.8, 4) is 0 Å². The molecule has 0 bridgehead atoms. The van der Waals surface area contributed by atoms with Crippen LogP contribution < -0.4 is 0 Å². The minimum Gasteiger partial charge on any atom is -0.463 e. The molecule has 0 N–H and O–H groups in total. The lowest BCUT2D eigenvalue weighted by Crippen LogP contribution is -2.05. The molecule has 100 valence electrons. The summed E-state index contributed by atoms with van der Waals surface area (Å²) in [6.45, 7) is 3.12. The normalized spacial score (nSPS) is 10.9. The van der Waals surface area contributed by atoms with Crippen LogP contribution in [-0.4, -0.2) is 23.3 Å². The van der Waals surface area contributed by atoms with Crippen LogP contribution in [-0.2, 0) is 14.3 Å². The summed E-state index contributed by atoms with van der Waals surface area (Å²) in [5, 5.41) is 10.7. The van der Waals surface area contributed by atoms with E-state index in [0.717, 1.165) is 6.08 Å². The highest BCUT2D eigenvalue weighted by molar-refractivity contribution is 6.23. The van der Waals surface area contributed by atoms with Gasteiger partial charge in [0.1, 0.15) is 0 Å². The van der Waals surface area contributed by atoms with Crippen LogP contribution in [0.25, 0.3) is 5.57 Å². The third-order valence-electron chi connectivity index (χ3n) is 2.30. The van der Waals surface area contributed by atoms with E-state index >= 15 is 0 Å². The van der Waals surface area contributed by atoms with E-state index in [1.165, 1.54) is 31.2 Å². The average Bonchev–Trinajstić information content (AvgIpc) is 2.36. The van der Waals surface area contributed by atoms with Gasteiger partial charge < -0.3 is 4.74 Å². The molecule has 6 nitrogen and oxygen atoms in total. The molecular weight excluding hydrogens is 250 g/mol. The summed E-state index contributed by atoms with van der Waals surface area (Å²) in [4.78, 5) is 33.0. The summed E-state index contributed by atoms with van der Waals surface area (Å²) in [5.41, 5.74) is 0.255. The van der Waals surface area contributed by atoms with Crippen molar-refractivity contribution in [1.82, 2.24) is 0 Å². The summed E-state index contributed by atoms with van der Waals surface area (Å²) < 4.78 is 4.72. The maximum absolute atomic E-state index is 11.5. The molecule has 0 aliphatic heterocycles. The first-order valence-electron chi connectivity index (χ1n) is 5.60. The predicted molar refractivity (Wildman–Crippen MR) is 68.4 cm³/mol. The molecular formula is C13H13NO5. The SMILES string of the molecule is CCOC(=O)C=C(C(C)=O)c1cccc([N+](=O)[O-])c1. The molecule has 0 aliphatic rings. The van der Waals surface area contributed by atoms with Gasteiger partial charge in [-0.3, -0.25) is 14.9 Å². The van der Waals surface area contributed by atoms with Crippen molar-refractivity contribution in [2.75, 3.05) is 6.61 Å². The second-order valence-corrected chi connectivity index (χ2v) is 3.67. The van der Waals surface area contributed by atoms with Gasteiger partial charge >= 0.3 is 5.97 Å². The van der Waals surface area contributed by atoms with Gasteiger partial charge in [0.15, 0.2) is 5.78 Å². The van der Waals surface area contributed by atoms with E-state index in [9.17, 15) is 19.7 Å². The number of benzene rings is 1. The van der Waals surface area contributed by atoms with E-state index in [1.807, 2.05) is 0 Å². The number of ketones is 1. The predicted octanol–water partition coefficient (Wildman–Crippen LogP) is 2.13. The number of ether oxygens (including phenoxy) is 1. The fourth-order valence-corrected chi connectivity index (χ4v) is 1.48. The van der Waals surface area contributed by atoms with Crippen LogP contribution in [0.4, 0.5) is 5.69 Å². The average molecular weight is 263 g/mol. The van der Waals surface area contributed by atoms with E-state index < -0.39 is 10.9 Å². The van der Waals surface area contributed by atoms with Gasteiger partial charge in [-0.15, -0.1) is 0 Å². The zero-order valence-corrected chi connectivity index (χ0v) is 10.6. The Bertz CT molecular complexity index is 548. The molecule has 0 atom stereocenters. The number of carbonyl (C=O) groups is 2. The standard InChI is InChI=1S/C13H13NO5/c1-3-19-13(16)8-12(9(2)15)10-5-4-6-11(7-10)14(17)18/h4-8H,3H2,1-2H3. The molecule has 0 heterocycles. The summed E-state index contributed by atoms with van der Waals surface area (Å²) in [5.74, 6) is -1.02. The topological polar surface area (TPSA) is 86.5 Å². The lowest BCUT2D eigenvalue weighted by molar-refractivity contribution is -0.384. The van der Waals surface area contributed by atoms with Crippen LogP contribution in [0.2, 0.25) is 0 Å². The molecule has 0 unspecified atom stereocenters. The van der Waals surface area contributed by atoms with Gasteiger partial charge in [-0.05, 0) is 19.4 Å². The molecule has 1 rings (SSSR count). The third kappa shape index (κ3) is 4.02. The largest absolute Gasteiger partial charge is 0.463 e. The lowest BCUT2D eigenvalue weighted by atomic mass is 10.0. The van der Waals surface area contributed by atoms with Crippen molar-refractivity contribution >= 4 is 23.0 Å². The highest BCUT2D eigenvalue weighted by Crippen LogP contribution is 2.21. The van der Waals surface area contributed by atoms with Gasteiger partial charge in [0.25, 0.3) is 5.69 Å². The second kappa shape index (κ2) is 6.44. The number of esters is 1. The van der Waals surface area contributed by atoms with Crippen LogP contribution in [0.15, 0.2) is 30.3 Å². The van der Waals surface area contributed by atoms with Crippen molar-refractivity contribution in [1.29, 1.82) is 0 Å². The smallest absolute Gasteiger partial charge is 0.331 e. The summed E-state index contributed by atoms with van der Waals surface area (Å²) in [6, 6.07) is 5.53. The van der Waals surface area contributed by atoms with Gasteiger partial charge in [0, 0.05) is 23.8 Å². The fraction of sp³-hybridized carbons (Fsp3) is 0.231. The van der Waals surface area contributed by atoms with Crippen molar-refractivity contribution in [2.24, 2.45) is 0 Å². The minimum absolute atomic E-state index is 0.0853. The Morgan fingerprint density at radius 1 is 1.42 bits per heavy atom. The van der Waals surface area contributed by atoms with E-state index in [1.54, 1.807) is 6.92 Å². The molecule has 1 aromatic carbocycles. The van der Waals surface area contributed by atoms with Crippen LogP contribution in [0.5, 0.6) is 0 Å². The summed E-state index contributed by atoms with van der Waals surface area (Å²) in [6.07, 6.45) is 1.05. The monoisotopic (exact) mass is 263 g/mol. The number of hydrogen-bond acceptors (Lipinski definition) is 5. The van der Waals surface area contributed by atoms with Gasteiger partial charge in [-0.2, -0.15) is 0 Å². The van der Waals surface area contributed by atoms with Crippen molar-refractivity contribution in [3.63, 3.8) is 0 Å². The Kier molecular flexibility index (Phi) is 4.93. The van der Waals surface area contributed by atoms with Crippen molar-refractivity contribution < 1.29 is 19.2 Å². The Labute approximate surface area is 109 Å². The first kappa shape index (κ1) is 14.6. The summed E-state index contributed by atoms with van der Waals surface area (Å²) >= 11 is 0. The Balaban J connectivity index is 3.20. The van der Waals surface area contributed by atoms with Gasteiger partial charge in [0.05, 0.1) is 11.5 Å². The van der Waals surface area contributed by atoms with E-state index in [4.69, 9.17) is 4.74 Å². The highest BCUT2D eigenvalue weighted by atomic mass is 16.6. The zero-order chi connectivity index (χ0) is 14.4. The molecule has 0 spiro atoms. The molecule has 0 saturated heterocycles. The number of hydrogen-bond donors (Lipinski definition) is 0. The molecule has 6 heteroatoms. The van der Waals surface area contributed by atoms with Gasteiger partial charge in [-0.1, -0.05) is 12.1 Å². The first-order valence-corrected chi connectivity index (χ1v) is 5.60. The Morgan fingerprint density at radius 3 is 2.63 bits per heavy atom. The third-order valence-corrected chi connectivity index (χ3v) is 2.30. The van der Waals surface area contributed by atoms with E-state index in [2.05, 4.69) is 0 Å². The number of nitrogens with zero attached hydrogens (tertiary/aromatic N) is 1. The number of nitro benzene ring substituents is 1. The molecule has 0 aromatic heterocycles. The van der Waals surface area contributed by atoms with Gasteiger partial charge in [0.2, 0.25) is 0 Å². The van der Waals surface area contributed by atoms with E-state index in [-0.39, 0.29) is 23.7 Å². The number of Topliss-reactive ketones (excluding diaryl/α,β-unsaturated/α-hetero) is 1. The highest BCUT2D eigenvalue weighted by Gasteiger charge is 2.14. The zero-order valence-electron chi connectivity index (χ0n) is 10.6. The molecule has 0 radical (unpaired) electrons. The van der Waals surface area contributed by atoms with Crippen LogP contribution in [0.3, 0.4) is 0 Å². The van der Waals surface area contributed by atoms with Crippen molar-refractivity contribution in [2.45, 2.75) is 13.8 Å². The van der Waals surface area contributed by atoms with Crippen LogP contribution >= 0.6 is 0 Å². The molecule has 1 aromatic rings. The molecule has 0 aliphatic carbocycles. The first-order chi connectivity index (χ1) is 8.95. The quantitative estimate of drug-likeness (QED) is 0.351.